The Kier molecular flexibility index (Phi) is 5.85. The number of anilines is 1. The van der Waals surface area contributed by atoms with Crippen molar-refractivity contribution in [2.45, 2.75) is 38.7 Å². The van der Waals surface area contributed by atoms with Crippen molar-refractivity contribution < 1.29 is 27.5 Å². The van der Waals surface area contributed by atoms with Gasteiger partial charge < -0.3 is 19.9 Å². The fraction of sp³-hybridized carbons (Fsp3) is 0.435. The molecule has 5 rings (SSSR count). The minimum Gasteiger partial charge on any atom is -0.381 e. The quantitative estimate of drug-likeness (QED) is 0.564. The Labute approximate surface area is 197 Å². The van der Waals surface area contributed by atoms with Crippen molar-refractivity contribution in [3.05, 3.63) is 45.8 Å². The number of ether oxygens (including phenoxy) is 1. The van der Waals surface area contributed by atoms with E-state index in [4.69, 9.17) is 4.74 Å². The van der Waals surface area contributed by atoms with E-state index >= 15 is 0 Å². The summed E-state index contributed by atoms with van der Waals surface area (Å²) in [6.07, 6.45) is 1.87. The minimum atomic E-state index is -3.25. The van der Waals surface area contributed by atoms with Crippen molar-refractivity contribution in [2.75, 3.05) is 25.1 Å². The summed E-state index contributed by atoms with van der Waals surface area (Å²) < 4.78 is 47.2. The first-order valence-corrected chi connectivity index (χ1v) is 11.9. The maximum atomic E-state index is 14.0. The second kappa shape index (κ2) is 8.70. The van der Waals surface area contributed by atoms with Gasteiger partial charge in [-0.1, -0.05) is 11.3 Å². The van der Waals surface area contributed by atoms with Crippen molar-refractivity contribution in [3.8, 4) is 0 Å². The van der Waals surface area contributed by atoms with Crippen molar-refractivity contribution in [1.82, 2.24) is 14.9 Å². The fourth-order valence-electron chi connectivity index (χ4n) is 4.44. The molecule has 180 valence electrons. The second-order valence-electron chi connectivity index (χ2n) is 8.73. The van der Waals surface area contributed by atoms with E-state index in [1.165, 1.54) is 17.4 Å². The zero-order valence-corrected chi connectivity index (χ0v) is 19.2. The van der Waals surface area contributed by atoms with E-state index in [2.05, 4.69) is 15.3 Å². The third-order valence-electron chi connectivity index (χ3n) is 6.25. The molecular weight excluding hydrogens is 469 g/mol. The summed E-state index contributed by atoms with van der Waals surface area (Å²) in [7, 11) is 0. The molecule has 2 amide bonds. The number of aromatic nitrogens is 2. The summed E-state index contributed by atoms with van der Waals surface area (Å²) in [6.45, 7) is 2.52. The van der Waals surface area contributed by atoms with Gasteiger partial charge in [0.15, 0.2) is 5.13 Å². The number of alkyl halides is 2. The molecule has 1 fully saturated rings. The number of hydrogen-bond acceptors (Lipinski definition) is 5. The first-order chi connectivity index (χ1) is 16.2. The van der Waals surface area contributed by atoms with Gasteiger partial charge in [0, 0.05) is 60.4 Å². The van der Waals surface area contributed by atoms with Gasteiger partial charge in [0.05, 0.1) is 12.2 Å². The van der Waals surface area contributed by atoms with E-state index in [1.54, 1.807) is 4.90 Å². The number of benzene rings is 1. The SMILES string of the molecule is CC(F)(F)c1cc(F)cc2[nH]c(C(=O)N3CCc4nc(NC(=O)C5CCOCC5)sc4C3)cc12. The number of nitrogens with one attached hydrogen (secondary N) is 2. The van der Waals surface area contributed by atoms with Gasteiger partial charge in [-0.15, -0.1) is 0 Å². The summed E-state index contributed by atoms with van der Waals surface area (Å²) in [5, 5.41) is 3.51. The molecule has 1 aromatic carbocycles. The summed E-state index contributed by atoms with van der Waals surface area (Å²) in [5.41, 5.74) is 0.634. The van der Waals surface area contributed by atoms with Gasteiger partial charge in [-0.25, -0.2) is 18.2 Å². The molecule has 2 aromatic heterocycles. The molecule has 0 saturated carbocycles. The zero-order chi connectivity index (χ0) is 24.0. The summed E-state index contributed by atoms with van der Waals surface area (Å²) >= 11 is 1.33. The second-order valence-corrected chi connectivity index (χ2v) is 9.81. The van der Waals surface area contributed by atoms with E-state index in [-0.39, 0.29) is 34.3 Å². The minimum absolute atomic E-state index is 0.0730. The molecular formula is C23H23F3N4O3S. The van der Waals surface area contributed by atoms with Crippen LogP contribution < -0.4 is 5.32 Å². The highest BCUT2D eigenvalue weighted by molar-refractivity contribution is 7.15. The summed E-state index contributed by atoms with van der Waals surface area (Å²) in [5.74, 6) is -4.59. The fourth-order valence-corrected chi connectivity index (χ4v) is 5.47. The molecule has 0 aliphatic carbocycles. The Morgan fingerprint density at radius 1 is 1.26 bits per heavy atom. The molecule has 1 saturated heterocycles. The van der Waals surface area contributed by atoms with Gasteiger partial charge in [0.2, 0.25) is 5.91 Å². The lowest BCUT2D eigenvalue weighted by atomic mass is 10.00. The third-order valence-corrected chi connectivity index (χ3v) is 7.24. The topological polar surface area (TPSA) is 87.3 Å². The van der Waals surface area contributed by atoms with Gasteiger partial charge in [-0.2, -0.15) is 0 Å². The van der Waals surface area contributed by atoms with Crippen LogP contribution in [0.25, 0.3) is 10.9 Å². The predicted molar refractivity (Wildman–Crippen MR) is 121 cm³/mol. The van der Waals surface area contributed by atoms with Gasteiger partial charge in [-0.05, 0) is 31.0 Å². The van der Waals surface area contributed by atoms with Gasteiger partial charge in [-0.3, -0.25) is 9.59 Å². The maximum absolute atomic E-state index is 14.0. The van der Waals surface area contributed by atoms with Gasteiger partial charge >= 0.3 is 0 Å². The Morgan fingerprint density at radius 3 is 2.76 bits per heavy atom. The van der Waals surface area contributed by atoms with E-state index in [1.807, 2.05) is 0 Å². The molecule has 0 unspecified atom stereocenters. The van der Waals surface area contributed by atoms with Crippen LogP contribution in [0.4, 0.5) is 18.3 Å². The number of fused-ring (bicyclic) bond motifs is 2. The Balaban J connectivity index is 1.33. The lowest BCUT2D eigenvalue weighted by molar-refractivity contribution is -0.122. The number of carbonyl (C=O) groups is 2. The molecule has 0 bridgehead atoms. The average molecular weight is 493 g/mol. The largest absolute Gasteiger partial charge is 0.381 e. The number of H-pyrrole nitrogens is 1. The molecule has 2 N–H and O–H groups in total. The van der Waals surface area contributed by atoms with Crippen LogP contribution in [0.5, 0.6) is 0 Å². The summed E-state index contributed by atoms with van der Waals surface area (Å²) in [6, 6.07) is 3.25. The molecule has 3 aromatic rings. The van der Waals surface area contributed by atoms with E-state index in [9.17, 15) is 22.8 Å². The van der Waals surface area contributed by atoms with Crippen LogP contribution >= 0.6 is 11.3 Å². The average Bonchev–Trinajstić information content (AvgIpc) is 3.40. The number of carbonyl (C=O) groups excluding carboxylic acids is 2. The van der Waals surface area contributed by atoms with Crippen LogP contribution in [-0.4, -0.2) is 46.4 Å². The highest BCUT2D eigenvalue weighted by Crippen LogP contribution is 2.35. The zero-order valence-electron chi connectivity index (χ0n) is 18.4. The lowest BCUT2D eigenvalue weighted by Crippen LogP contribution is -2.35. The Bertz CT molecular complexity index is 1260. The van der Waals surface area contributed by atoms with Crippen molar-refractivity contribution >= 4 is 39.2 Å². The number of amides is 2. The predicted octanol–water partition coefficient (Wildman–Crippen LogP) is 4.44. The van der Waals surface area contributed by atoms with Crippen molar-refractivity contribution in [1.29, 1.82) is 0 Å². The molecule has 34 heavy (non-hydrogen) atoms. The first kappa shape index (κ1) is 22.9. The van der Waals surface area contributed by atoms with Crippen molar-refractivity contribution in [3.63, 3.8) is 0 Å². The highest BCUT2D eigenvalue weighted by atomic mass is 32.1. The monoisotopic (exact) mass is 492 g/mol. The molecule has 0 radical (unpaired) electrons. The molecule has 0 atom stereocenters. The number of hydrogen-bond donors (Lipinski definition) is 2. The Hall–Kier alpha value is -2.92. The molecule has 7 nitrogen and oxygen atoms in total. The number of halogens is 3. The van der Waals surface area contributed by atoms with Crippen LogP contribution in [0.1, 0.15) is 46.4 Å². The molecule has 0 spiro atoms. The normalized spacial score (nSPS) is 17.1. The molecule has 11 heteroatoms. The third kappa shape index (κ3) is 4.41. The van der Waals surface area contributed by atoms with Gasteiger partial charge in [0.1, 0.15) is 11.5 Å². The smallest absolute Gasteiger partial charge is 0.271 e. The molecule has 4 heterocycles. The van der Waals surface area contributed by atoms with Crippen LogP contribution in [0.3, 0.4) is 0 Å². The van der Waals surface area contributed by atoms with Gasteiger partial charge in [0.25, 0.3) is 11.8 Å². The van der Waals surface area contributed by atoms with Crippen molar-refractivity contribution in [2.24, 2.45) is 5.92 Å². The summed E-state index contributed by atoms with van der Waals surface area (Å²) in [4.78, 5) is 35.4. The van der Waals surface area contributed by atoms with Crippen LogP contribution in [-0.2, 0) is 28.4 Å². The number of thiazole rings is 1. The number of aromatic amines is 1. The van der Waals surface area contributed by atoms with Crippen LogP contribution in [0.2, 0.25) is 0 Å². The number of nitrogens with zero attached hydrogens (tertiary/aromatic N) is 2. The Morgan fingerprint density at radius 2 is 2.03 bits per heavy atom. The maximum Gasteiger partial charge on any atom is 0.271 e. The van der Waals surface area contributed by atoms with E-state index in [0.717, 1.165) is 22.7 Å². The number of rotatable bonds is 4. The van der Waals surface area contributed by atoms with Crippen LogP contribution in [0.15, 0.2) is 18.2 Å². The highest BCUT2D eigenvalue weighted by Gasteiger charge is 2.31. The standard InChI is InChI=1S/C23H23F3N4O3S/c1-23(25,26)15-8-13(24)9-17-14(15)10-18(27-17)21(32)30-5-2-16-19(11-30)34-22(28-16)29-20(31)12-3-6-33-7-4-12/h8-10,12,27H,2-7,11H2,1H3,(H,28,29,31). The van der Waals surface area contributed by atoms with Crippen LogP contribution in [0, 0.1) is 11.7 Å². The first-order valence-electron chi connectivity index (χ1n) is 11.1. The molecule has 2 aliphatic rings. The van der Waals surface area contributed by atoms with E-state index < -0.39 is 17.3 Å². The molecule has 2 aliphatic heterocycles. The van der Waals surface area contributed by atoms with E-state index in [0.29, 0.717) is 57.6 Å². The lowest BCUT2D eigenvalue weighted by Gasteiger charge is -2.25.